The fraction of sp³-hybridized carbons (Fsp3) is 0.600. The van der Waals surface area contributed by atoms with E-state index in [9.17, 15) is 4.79 Å². The minimum atomic E-state index is -0.324. The van der Waals surface area contributed by atoms with Crippen molar-refractivity contribution in [2.24, 2.45) is 5.84 Å². The number of nitrogen functional groups attached to an aromatic ring is 1. The van der Waals surface area contributed by atoms with Gasteiger partial charge in [-0.1, -0.05) is 11.8 Å². The number of nitrogens with one attached hydrogen (secondary N) is 1. The van der Waals surface area contributed by atoms with E-state index in [0.717, 1.165) is 25.9 Å². The van der Waals surface area contributed by atoms with Gasteiger partial charge < -0.3 is 9.64 Å². The molecule has 0 saturated carbocycles. The summed E-state index contributed by atoms with van der Waals surface area (Å²) >= 11 is 1.20. The molecule has 3 N–H and O–H groups in total. The highest BCUT2D eigenvalue weighted by molar-refractivity contribution is 7.99. The van der Waals surface area contributed by atoms with Crippen LogP contribution < -0.4 is 16.2 Å². The zero-order valence-electron chi connectivity index (χ0n) is 10.6. The van der Waals surface area contributed by atoms with Crippen molar-refractivity contribution in [3.8, 4) is 0 Å². The second kappa shape index (κ2) is 6.53. The topological polar surface area (TPSA) is 106 Å². The van der Waals surface area contributed by atoms with E-state index in [-0.39, 0.29) is 11.7 Å². The summed E-state index contributed by atoms with van der Waals surface area (Å²) in [6.07, 6.45) is 2.25. The van der Waals surface area contributed by atoms with Gasteiger partial charge in [0, 0.05) is 13.1 Å². The molecular formula is C10H16N6O2S. The second-order valence-corrected chi connectivity index (χ2v) is 4.89. The Morgan fingerprint density at radius 2 is 2.16 bits per heavy atom. The van der Waals surface area contributed by atoms with E-state index in [0.29, 0.717) is 17.1 Å². The highest BCUT2D eigenvalue weighted by atomic mass is 32.2. The number of nitrogens with two attached hydrogens (primary N) is 1. The summed E-state index contributed by atoms with van der Waals surface area (Å²) in [5.74, 6) is 6.07. The number of methoxy groups -OCH3 is 1. The number of aromatic nitrogens is 3. The van der Waals surface area contributed by atoms with Crippen LogP contribution in [0, 0.1) is 0 Å². The molecule has 0 aliphatic carbocycles. The maximum atomic E-state index is 11.1. The van der Waals surface area contributed by atoms with Gasteiger partial charge in [0.1, 0.15) is 0 Å². The molecule has 1 fully saturated rings. The second-order valence-electron chi connectivity index (χ2n) is 3.94. The van der Waals surface area contributed by atoms with Gasteiger partial charge in [0.05, 0.1) is 12.9 Å². The monoisotopic (exact) mass is 284 g/mol. The number of esters is 1. The Morgan fingerprint density at radius 3 is 2.79 bits per heavy atom. The third-order valence-corrected chi connectivity index (χ3v) is 3.49. The molecule has 0 atom stereocenters. The first-order valence-electron chi connectivity index (χ1n) is 5.90. The molecule has 0 radical (unpaired) electrons. The molecule has 8 nitrogen and oxygen atoms in total. The maximum absolute atomic E-state index is 11.1. The zero-order chi connectivity index (χ0) is 13.7. The van der Waals surface area contributed by atoms with Gasteiger partial charge >= 0.3 is 5.97 Å². The average molecular weight is 284 g/mol. The van der Waals surface area contributed by atoms with E-state index in [2.05, 4.69) is 30.0 Å². The number of thioether (sulfide) groups is 1. The minimum absolute atomic E-state index is 0.157. The van der Waals surface area contributed by atoms with E-state index < -0.39 is 0 Å². The Labute approximate surface area is 115 Å². The molecule has 2 rings (SSSR count). The molecular weight excluding hydrogens is 268 g/mol. The fourth-order valence-electron chi connectivity index (χ4n) is 1.72. The highest BCUT2D eigenvalue weighted by Crippen LogP contribution is 2.21. The Kier molecular flexibility index (Phi) is 4.74. The van der Waals surface area contributed by atoms with E-state index in [4.69, 9.17) is 5.84 Å². The summed E-state index contributed by atoms with van der Waals surface area (Å²) in [5, 5.41) is 0.454. The first-order chi connectivity index (χ1) is 9.22. The molecule has 1 aliphatic heterocycles. The van der Waals surface area contributed by atoms with Crippen LogP contribution in [0.15, 0.2) is 5.16 Å². The van der Waals surface area contributed by atoms with Crippen LogP contribution in [0.3, 0.4) is 0 Å². The van der Waals surface area contributed by atoms with E-state index in [1.807, 2.05) is 0 Å². The lowest BCUT2D eigenvalue weighted by Crippen LogP contribution is -2.22. The molecule has 0 unspecified atom stereocenters. The summed E-state index contributed by atoms with van der Waals surface area (Å²) in [7, 11) is 1.35. The summed E-state index contributed by atoms with van der Waals surface area (Å²) in [5.41, 5.74) is 2.41. The molecule has 9 heteroatoms. The first kappa shape index (κ1) is 13.8. The normalized spacial score (nSPS) is 14.5. The van der Waals surface area contributed by atoms with E-state index in [1.165, 1.54) is 18.9 Å². The lowest BCUT2D eigenvalue weighted by atomic mass is 10.4. The number of anilines is 2. The molecule has 2 heterocycles. The SMILES string of the molecule is COC(=O)CSc1nc(NN)nc(N2CCCC2)n1. The molecule has 1 saturated heterocycles. The number of hydrogen-bond donors (Lipinski definition) is 2. The summed E-state index contributed by atoms with van der Waals surface area (Å²) in [6.45, 7) is 1.85. The van der Waals surface area contributed by atoms with Crippen LogP contribution >= 0.6 is 11.8 Å². The number of ether oxygens (including phenoxy) is 1. The smallest absolute Gasteiger partial charge is 0.316 e. The molecule has 1 aliphatic rings. The van der Waals surface area contributed by atoms with Crippen molar-refractivity contribution in [1.82, 2.24) is 15.0 Å². The number of rotatable bonds is 5. The van der Waals surface area contributed by atoms with Gasteiger partial charge in [-0.2, -0.15) is 15.0 Å². The van der Waals surface area contributed by atoms with Crippen LogP contribution in [0.4, 0.5) is 11.9 Å². The zero-order valence-corrected chi connectivity index (χ0v) is 11.4. The van der Waals surface area contributed by atoms with Crippen molar-refractivity contribution in [1.29, 1.82) is 0 Å². The Bertz CT molecular complexity index is 452. The van der Waals surface area contributed by atoms with Gasteiger partial charge in [0.2, 0.25) is 11.9 Å². The molecule has 0 amide bonds. The van der Waals surface area contributed by atoms with Crippen LogP contribution in [0.2, 0.25) is 0 Å². The van der Waals surface area contributed by atoms with Crippen LogP contribution in [0.5, 0.6) is 0 Å². The lowest BCUT2D eigenvalue weighted by Gasteiger charge is -2.15. The highest BCUT2D eigenvalue weighted by Gasteiger charge is 2.17. The largest absolute Gasteiger partial charge is 0.468 e. The van der Waals surface area contributed by atoms with E-state index >= 15 is 0 Å². The molecule has 0 spiro atoms. The van der Waals surface area contributed by atoms with Gasteiger partial charge in [0.25, 0.3) is 0 Å². The third kappa shape index (κ3) is 3.67. The molecule has 0 aromatic carbocycles. The summed E-state index contributed by atoms with van der Waals surface area (Å²) in [6, 6.07) is 0. The van der Waals surface area contributed by atoms with Gasteiger partial charge in [-0.3, -0.25) is 10.2 Å². The molecule has 1 aromatic rings. The number of carbonyl (C=O) groups is 1. The van der Waals surface area contributed by atoms with Gasteiger partial charge in [-0.05, 0) is 12.8 Å². The number of hydrogen-bond acceptors (Lipinski definition) is 9. The number of nitrogens with zero attached hydrogens (tertiary/aromatic N) is 4. The third-order valence-electron chi connectivity index (χ3n) is 2.67. The lowest BCUT2D eigenvalue weighted by molar-refractivity contribution is -0.137. The van der Waals surface area contributed by atoms with E-state index in [1.54, 1.807) is 0 Å². The van der Waals surface area contributed by atoms with Crippen molar-refractivity contribution >= 4 is 29.6 Å². The maximum Gasteiger partial charge on any atom is 0.316 e. The first-order valence-corrected chi connectivity index (χ1v) is 6.88. The summed E-state index contributed by atoms with van der Waals surface area (Å²) < 4.78 is 4.58. The predicted octanol–water partition coefficient (Wildman–Crippen LogP) is 0.0225. The van der Waals surface area contributed by atoms with Crippen LogP contribution in [-0.4, -0.2) is 46.9 Å². The van der Waals surface area contributed by atoms with Crippen LogP contribution in [0.25, 0.3) is 0 Å². The van der Waals surface area contributed by atoms with Crippen LogP contribution in [-0.2, 0) is 9.53 Å². The standard InChI is InChI=1S/C10H16N6O2S/c1-18-7(17)6-19-10-13-8(15-11)12-9(14-10)16-4-2-3-5-16/h2-6,11H2,1H3,(H,12,13,14,15). The molecule has 19 heavy (non-hydrogen) atoms. The van der Waals surface area contributed by atoms with Crippen LogP contribution in [0.1, 0.15) is 12.8 Å². The van der Waals surface area contributed by atoms with Crippen molar-refractivity contribution in [3.05, 3.63) is 0 Å². The Hall–Kier alpha value is -1.61. The molecule has 0 bridgehead atoms. The van der Waals surface area contributed by atoms with Gasteiger partial charge in [-0.25, -0.2) is 5.84 Å². The fourth-order valence-corrected chi connectivity index (χ4v) is 2.38. The average Bonchev–Trinajstić information content (AvgIpc) is 2.98. The van der Waals surface area contributed by atoms with Gasteiger partial charge in [0.15, 0.2) is 5.16 Å². The number of hydrazine groups is 1. The van der Waals surface area contributed by atoms with Crippen molar-refractivity contribution in [2.75, 3.05) is 36.3 Å². The summed E-state index contributed by atoms with van der Waals surface area (Å²) in [4.78, 5) is 25.8. The molecule has 104 valence electrons. The minimum Gasteiger partial charge on any atom is -0.468 e. The molecule has 1 aromatic heterocycles. The number of carbonyl (C=O) groups excluding carboxylic acids is 1. The quantitative estimate of drug-likeness (QED) is 0.335. The van der Waals surface area contributed by atoms with Gasteiger partial charge in [-0.15, -0.1) is 0 Å². The van der Waals surface area contributed by atoms with Crippen molar-refractivity contribution in [2.45, 2.75) is 18.0 Å². The van der Waals surface area contributed by atoms with Crippen molar-refractivity contribution < 1.29 is 9.53 Å². The van der Waals surface area contributed by atoms with Crippen molar-refractivity contribution in [3.63, 3.8) is 0 Å². The predicted molar refractivity (Wildman–Crippen MR) is 71.8 cm³/mol. The Balaban J connectivity index is 2.13. The Morgan fingerprint density at radius 1 is 1.42 bits per heavy atom.